The number of ether oxygens (including phenoxy) is 1. The highest BCUT2D eigenvalue weighted by Crippen LogP contribution is 2.13. The van der Waals surface area contributed by atoms with Gasteiger partial charge in [-0.05, 0) is 0 Å². The van der Waals surface area contributed by atoms with Crippen LogP contribution >= 0.6 is 11.8 Å². The van der Waals surface area contributed by atoms with Crippen LogP contribution in [0.1, 0.15) is 6.92 Å². The van der Waals surface area contributed by atoms with E-state index in [-0.39, 0.29) is 5.12 Å². The lowest BCUT2D eigenvalue weighted by Crippen LogP contribution is -2.05. The van der Waals surface area contributed by atoms with Gasteiger partial charge in [-0.25, -0.2) is 15.0 Å². The maximum Gasteiger partial charge on any atom is 0.185 e. The second kappa shape index (κ2) is 5.78. The Morgan fingerprint density at radius 1 is 1.50 bits per heavy atom. The summed E-state index contributed by atoms with van der Waals surface area (Å²) in [5.74, 6) is 0.991. The molecular formula is C10H13N5O2S. The Kier molecular flexibility index (Phi) is 4.11. The van der Waals surface area contributed by atoms with Crippen LogP contribution in [0.15, 0.2) is 12.7 Å². The fourth-order valence-corrected chi connectivity index (χ4v) is 1.89. The first kappa shape index (κ1) is 12.8. The van der Waals surface area contributed by atoms with Gasteiger partial charge in [-0.2, -0.15) is 0 Å². The molecule has 2 aromatic rings. The maximum absolute atomic E-state index is 10.7. The highest BCUT2D eigenvalue weighted by Gasteiger charge is 2.07. The van der Waals surface area contributed by atoms with E-state index in [1.54, 1.807) is 10.9 Å². The number of carbonyl (C=O) groups is 1. The summed E-state index contributed by atoms with van der Waals surface area (Å²) in [6, 6.07) is 0. The second-order valence-corrected chi connectivity index (χ2v) is 4.79. The highest BCUT2D eigenvalue weighted by atomic mass is 32.2. The average Bonchev–Trinajstić information content (AvgIpc) is 2.73. The van der Waals surface area contributed by atoms with E-state index in [4.69, 9.17) is 10.5 Å². The van der Waals surface area contributed by atoms with Crippen LogP contribution in [0.3, 0.4) is 0 Å². The number of aromatic nitrogens is 4. The fourth-order valence-electron chi connectivity index (χ4n) is 1.40. The van der Waals surface area contributed by atoms with Crippen molar-refractivity contribution in [2.24, 2.45) is 0 Å². The van der Waals surface area contributed by atoms with E-state index < -0.39 is 0 Å². The molecule has 0 saturated heterocycles. The smallest absolute Gasteiger partial charge is 0.185 e. The van der Waals surface area contributed by atoms with Crippen LogP contribution < -0.4 is 5.73 Å². The first-order chi connectivity index (χ1) is 8.68. The number of anilines is 1. The normalized spacial score (nSPS) is 10.9. The van der Waals surface area contributed by atoms with Gasteiger partial charge >= 0.3 is 0 Å². The number of fused-ring (bicyclic) bond motifs is 1. The molecular weight excluding hydrogens is 254 g/mol. The number of nitrogens with zero attached hydrogens (tertiary/aromatic N) is 4. The SMILES string of the molecule is CC(=O)SCCOCn1cnc2c(N)ncnc21. The molecule has 0 aliphatic carbocycles. The number of hydrogen-bond acceptors (Lipinski definition) is 7. The van der Waals surface area contributed by atoms with Crippen molar-refractivity contribution < 1.29 is 9.53 Å². The van der Waals surface area contributed by atoms with Gasteiger partial charge in [0.15, 0.2) is 16.6 Å². The Hall–Kier alpha value is -1.67. The van der Waals surface area contributed by atoms with Crippen LogP contribution in [0.2, 0.25) is 0 Å². The summed E-state index contributed by atoms with van der Waals surface area (Å²) in [7, 11) is 0. The van der Waals surface area contributed by atoms with Gasteiger partial charge in [0.05, 0.1) is 12.9 Å². The van der Waals surface area contributed by atoms with Crippen molar-refractivity contribution in [3.8, 4) is 0 Å². The summed E-state index contributed by atoms with van der Waals surface area (Å²) in [5, 5.41) is 0.0900. The van der Waals surface area contributed by atoms with Crippen molar-refractivity contribution in [3.63, 3.8) is 0 Å². The lowest BCUT2D eigenvalue weighted by Gasteiger charge is -2.04. The second-order valence-electron chi connectivity index (χ2n) is 3.52. The standard InChI is InChI=1S/C10H13N5O2S/c1-7(16)18-3-2-17-6-15-5-14-8-9(11)12-4-13-10(8)15/h4-5H,2-3,6H2,1H3,(H2,11,12,13). The van der Waals surface area contributed by atoms with Crippen LogP contribution in [-0.2, 0) is 16.3 Å². The van der Waals surface area contributed by atoms with Crippen LogP contribution in [0.25, 0.3) is 11.2 Å². The van der Waals surface area contributed by atoms with Gasteiger partial charge in [0.2, 0.25) is 0 Å². The summed E-state index contributed by atoms with van der Waals surface area (Å²) in [4.78, 5) is 22.8. The molecule has 2 N–H and O–H groups in total. The summed E-state index contributed by atoms with van der Waals surface area (Å²) >= 11 is 1.24. The molecule has 8 heteroatoms. The minimum atomic E-state index is 0.0900. The average molecular weight is 267 g/mol. The predicted octanol–water partition coefficient (Wildman–Crippen LogP) is 0.662. The number of thioether (sulfide) groups is 1. The molecule has 96 valence electrons. The molecule has 0 aliphatic rings. The Morgan fingerprint density at radius 3 is 3.11 bits per heavy atom. The molecule has 0 saturated carbocycles. The van der Waals surface area contributed by atoms with Gasteiger partial charge in [0.25, 0.3) is 0 Å². The number of rotatable bonds is 5. The van der Waals surface area contributed by atoms with E-state index in [0.29, 0.717) is 36.1 Å². The van der Waals surface area contributed by atoms with Crippen molar-refractivity contribution in [2.75, 3.05) is 18.1 Å². The van der Waals surface area contributed by atoms with Gasteiger partial charge in [-0.3, -0.25) is 9.36 Å². The Morgan fingerprint density at radius 2 is 2.33 bits per heavy atom. The van der Waals surface area contributed by atoms with Crippen molar-refractivity contribution >= 4 is 33.9 Å². The zero-order valence-corrected chi connectivity index (χ0v) is 10.7. The van der Waals surface area contributed by atoms with Crippen molar-refractivity contribution in [1.82, 2.24) is 19.5 Å². The molecule has 0 amide bonds. The molecule has 2 rings (SSSR count). The van der Waals surface area contributed by atoms with Gasteiger partial charge in [-0.1, -0.05) is 11.8 Å². The highest BCUT2D eigenvalue weighted by molar-refractivity contribution is 8.13. The first-order valence-electron chi connectivity index (χ1n) is 5.31. The molecule has 0 radical (unpaired) electrons. The topological polar surface area (TPSA) is 95.9 Å². The van der Waals surface area contributed by atoms with Crippen LogP contribution in [-0.4, -0.2) is 37.0 Å². The minimum absolute atomic E-state index is 0.0900. The van der Waals surface area contributed by atoms with Gasteiger partial charge in [0, 0.05) is 12.7 Å². The molecule has 0 spiro atoms. The number of hydrogen-bond donors (Lipinski definition) is 1. The number of imidazole rings is 1. The van der Waals surface area contributed by atoms with Crippen molar-refractivity contribution in [3.05, 3.63) is 12.7 Å². The molecule has 0 atom stereocenters. The van der Waals surface area contributed by atoms with Gasteiger partial charge in [0.1, 0.15) is 18.6 Å². The molecule has 0 aromatic carbocycles. The van der Waals surface area contributed by atoms with E-state index >= 15 is 0 Å². The van der Waals surface area contributed by atoms with Crippen molar-refractivity contribution in [2.45, 2.75) is 13.7 Å². The summed E-state index contributed by atoms with van der Waals surface area (Å²) in [5.41, 5.74) is 6.88. The van der Waals surface area contributed by atoms with Crippen LogP contribution in [0.5, 0.6) is 0 Å². The van der Waals surface area contributed by atoms with E-state index in [1.807, 2.05) is 0 Å². The van der Waals surface area contributed by atoms with Crippen molar-refractivity contribution in [1.29, 1.82) is 0 Å². The van der Waals surface area contributed by atoms with E-state index in [9.17, 15) is 4.79 Å². The van der Waals surface area contributed by atoms with Gasteiger partial charge < -0.3 is 10.5 Å². The predicted molar refractivity (Wildman–Crippen MR) is 68.8 cm³/mol. The molecule has 2 aromatic heterocycles. The van der Waals surface area contributed by atoms with E-state index in [1.165, 1.54) is 25.0 Å². The first-order valence-corrected chi connectivity index (χ1v) is 6.29. The minimum Gasteiger partial charge on any atom is -0.382 e. The quantitative estimate of drug-likeness (QED) is 0.795. The fraction of sp³-hybridized carbons (Fsp3) is 0.400. The number of carbonyl (C=O) groups excluding carboxylic acids is 1. The Bertz CT molecular complexity index is 556. The summed E-state index contributed by atoms with van der Waals surface area (Å²) in [6.45, 7) is 2.35. The maximum atomic E-state index is 10.7. The molecule has 7 nitrogen and oxygen atoms in total. The molecule has 2 heterocycles. The molecule has 18 heavy (non-hydrogen) atoms. The third-order valence-electron chi connectivity index (χ3n) is 2.19. The zero-order chi connectivity index (χ0) is 13.0. The summed E-state index contributed by atoms with van der Waals surface area (Å²) < 4.78 is 7.17. The lowest BCUT2D eigenvalue weighted by atomic mass is 10.5. The monoisotopic (exact) mass is 267 g/mol. The van der Waals surface area contributed by atoms with E-state index in [2.05, 4.69) is 15.0 Å². The summed E-state index contributed by atoms with van der Waals surface area (Å²) in [6.07, 6.45) is 3.00. The number of nitrogens with two attached hydrogens (primary N) is 1. The number of nitrogen functional groups attached to an aromatic ring is 1. The van der Waals surface area contributed by atoms with E-state index in [0.717, 1.165) is 0 Å². The Labute approximate surface area is 108 Å². The molecule has 0 bridgehead atoms. The third-order valence-corrected chi connectivity index (χ3v) is 2.97. The van der Waals surface area contributed by atoms with Crippen LogP contribution in [0, 0.1) is 0 Å². The molecule has 0 unspecified atom stereocenters. The molecule has 0 fully saturated rings. The largest absolute Gasteiger partial charge is 0.382 e. The van der Waals surface area contributed by atoms with Crippen LogP contribution in [0.4, 0.5) is 5.82 Å². The third kappa shape index (κ3) is 2.96. The zero-order valence-electron chi connectivity index (χ0n) is 9.87. The van der Waals surface area contributed by atoms with Gasteiger partial charge in [-0.15, -0.1) is 0 Å². The lowest BCUT2D eigenvalue weighted by molar-refractivity contribution is -0.109. The Balaban J connectivity index is 1.92. The molecule has 0 aliphatic heterocycles.